The van der Waals surface area contributed by atoms with Gasteiger partial charge < -0.3 is 4.74 Å². The zero-order chi connectivity index (χ0) is 16.9. The number of nitrogens with one attached hydrogen (secondary N) is 2. The number of ether oxygens (including phenoxy) is 1. The SMILES string of the molecule is CCCCCCCCNS(=O)(=O)NC1C[C@H](C)C2COC(=O)N12. The minimum Gasteiger partial charge on any atom is -0.447 e. The van der Waals surface area contributed by atoms with Gasteiger partial charge in [-0.1, -0.05) is 46.0 Å². The molecule has 1 amide bonds. The number of nitrogens with zero attached hydrogens (tertiary/aromatic N) is 1. The number of hydrogen-bond donors (Lipinski definition) is 2. The Labute approximate surface area is 139 Å². The fourth-order valence-electron chi connectivity index (χ4n) is 3.30. The van der Waals surface area contributed by atoms with Crippen molar-refractivity contribution in [1.29, 1.82) is 0 Å². The number of rotatable bonds is 10. The Bertz CT molecular complexity index is 497. The zero-order valence-electron chi connectivity index (χ0n) is 14.1. The molecule has 0 aromatic heterocycles. The van der Waals surface area contributed by atoms with Gasteiger partial charge in [0.1, 0.15) is 12.8 Å². The summed E-state index contributed by atoms with van der Waals surface area (Å²) in [6.45, 7) is 4.96. The first-order valence-electron chi connectivity index (χ1n) is 8.66. The summed E-state index contributed by atoms with van der Waals surface area (Å²) in [6.07, 6.45) is 6.34. The zero-order valence-corrected chi connectivity index (χ0v) is 14.9. The van der Waals surface area contributed by atoms with Crippen molar-refractivity contribution in [2.24, 2.45) is 5.92 Å². The van der Waals surface area contributed by atoms with Gasteiger partial charge in [0.05, 0.1) is 6.04 Å². The summed E-state index contributed by atoms with van der Waals surface area (Å²) in [4.78, 5) is 13.3. The van der Waals surface area contributed by atoms with Gasteiger partial charge in [0.25, 0.3) is 10.2 Å². The molecule has 0 radical (unpaired) electrons. The monoisotopic (exact) mass is 347 g/mol. The second kappa shape index (κ2) is 8.30. The lowest BCUT2D eigenvalue weighted by molar-refractivity contribution is 0.148. The van der Waals surface area contributed by atoms with Crippen molar-refractivity contribution in [1.82, 2.24) is 14.3 Å². The first kappa shape index (κ1) is 18.5. The van der Waals surface area contributed by atoms with E-state index >= 15 is 0 Å². The van der Waals surface area contributed by atoms with E-state index in [0.717, 1.165) is 19.3 Å². The molecule has 2 aliphatic heterocycles. The molecule has 0 aromatic rings. The van der Waals surface area contributed by atoms with E-state index in [4.69, 9.17) is 4.74 Å². The van der Waals surface area contributed by atoms with Crippen LogP contribution < -0.4 is 9.44 Å². The summed E-state index contributed by atoms with van der Waals surface area (Å²) < 4.78 is 34.4. The van der Waals surface area contributed by atoms with Gasteiger partial charge in [0, 0.05) is 6.54 Å². The van der Waals surface area contributed by atoms with Crippen LogP contribution in [0.15, 0.2) is 0 Å². The van der Waals surface area contributed by atoms with E-state index in [1.54, 1.807) is 0 Å². The molecule has 2 saturated heterocycles. The van der Waals surface area contributed by atoms with E-state index in [2.05, 4.69) is 16.4 Å². The van der Waals surface area contributed by atoms with Gasteiger partial charge in [-0.15, -0.1) is 0 Å². The van der Waals surface area contributed by atoms with Crippen LogP contribution in [0.2, 0.25) is 0 Å². The quantitative estimate of drug-likeness (QED) is 0.591. The molecular formula is C15H29N3O4S. The van der Waals surface area contributed by atoms with E-state index in [1.165, 1.54) is 24.2 Å². The van der Waals surface area contributed by atoms with Crippen LogP contribution in [0.25, 0.3) is 0 Å². The number of carbonyl (C=O) groups is 1. The normalized spacial score (nSPS) is 27.3. The number of cyclic esters (lactones) is 1. The van der Waals surface area contributed by atoms with Crippen molar-refractivity contribution in [3.63, 3.8) is 0 Å². The lowest BCUT2D eigenvalue weighted by Gasteiger charge is -2.22. The number of carbonyl (C=O) groups excluding carboxylic acids is 1. The number of amides is 1. The molecule has 2 rings (SSSR count). The molecule has 134 valence electrons. The van der Waals surface area contributed by atoms with E-state index in [0.29, 0.717) is 19.6 Å². The number of hydrogen-bond acceptors (Lipinski definition) is 4. The third-order valence-corrected chi connectivity index (χ3v) is 5.81. The highest BCUT2D eigenvalue weighted by molar-refractivity contribution is 7.87. The lowest BCUT2D eigenvalue weighted by Crippen LogP contribution is -2.50. The predicted octanol–water partition coefficient (Wildman–Crippen LogP) is 1.96. The van der Waals surface area contributed by atoms with E-state index < -0.39 is 22.5 Å². The summed E-state index contributed by atoms with van der Waals surface area (Å²) >= 11 is 0. The van der Waals surface area contributed by atoms with Crippen LogP contribution in [0.3, 0.4) is 0 Å². The largest absolute Gasteiger partial charge is 0.447 e. The second-order valence-electron chi connectivity index (χ2n) is 6.56. The molecule has 2 fully saturated rings. The van der Waals surface area contributed by atoms with Gasteiger partial charge in [-0.05, 0) is 18.8 Å². The fourth-order valence-corrected chi connectivity index (χ4v) is 4.37. The van der Waals surface area contributed by atoms with Crippen LogP contribution in [0, 0.1) is 5.92 Å². The van der Waals surface area contributed by atoms with Crippen molar-refractivity contribution < 1.29 is 17.9 Å². The Hall–Kier alpha value is -0.860. The maximum Gasteiger partial charge on any atom is 0.411 e. The second-order valence-corrected chi connectivity index (χ2v) is 8.09. The molecule has 0 spiro atoms. The van der Waals surface area contributed by atoms with Crippen LogP contribution in [-0.4, -0.2) is 44.8 Å². The Morgan fingerprint density at radius 2 is 1.91 bits per heavy atom. The third-order valence-electron chi connectivity index (χ3n) is 4.65. The van der Waals surface area contributed by atoms with Crippen LogP contribution >= 0.6 is 0 Å². The predicted molar refractivity (Wildman–Crippen MR) is 88.0 cm³/mol. The first-order chi connectivity index (χ1) is 10.9. The van der Waals surface area contributed by atoms with Crippen LogP contribution in [-0.2, 0) is 14.9 Å². The van der Waals surface area contributed by atoms with E-state index in [9.17, 15) is 13.2 Å². The number of fused-ring (bicyclic) bond motifs is 1. The van der Waals surface area contributed by atoms with Crippen molar-refractivity contribution in [3.8, 4) is 0 Å². The molecule has 0 saturated carbocycles. The molecule has 23 heavy (non-hydrogen) atoms. The maximum atomic E-state index is 12.1. The van der Waals surface area contributed by atoms with Gasteiger partial charge in [0.2, 0.25) is 0 Å². The van der Waals surface area contributed by atoms with Gasteiger partial charge in [-0.2, -0.15) is 13.1 Å². The number of unbranched alkanes of at least 4 members (excludes halogenated alkanes) is 5. The van der Waals surface area contributed by atoms with Gasteiger partial charge in [-0.25, -0.2) is 9.52 Å². The Balaban J connectivity index is 1.72. The highest BCUT2D eigenvalue weighted by Crippen LogP contribution is 2.33. The summed E-state index contributed by atoms with van der Waals surface area (Å²) in [7, 11) is -3.60. The highest BCUT2D eigenvalue weighted by Gasteiger charge is 2.48. The minimum atomic E-state index is -3.60. The smallest absolute Gasteiger partial charge is 0.411 e. The van der Waals surface area contributed by atoms with Crippen molar-refractivity contribution in [2.45, 2.75) is 71.0 Å². The molecule has 3 atom stereocenters. The molecule has 2 heterocycles. The highest BCUT2D eigenvalue weighted by atomic mass is 32.2. The van der Waals surface area contributed by atoms with Crippen LogP contribution in [0.5, 0.6) is 0 Å². The lowest BCUT2D eigenvalue weighted by atomic mass is 10.0. The molecule has 2 aliphatic rings. The summed E-state index contributed by atoms with van der Waals surface area (Å²) in [5.74, 6) is 0.229. The van der Waals surface area contributed by atoms with Crippen LogP contribution in [0.4, 0.5) is 4.79 Å². The van der Waals surface area contributed by atoms with Crippen molar-refractivity contribution in [3.05, 3.63) is 0 Å². The molecule has 0 aromatic carbocycles. The average molecular weight is 347 g/mol. The van der Waals surface area contributed by atoms with E-state index in [1.807, 2.05) is 6.92 Å². The Kier molecular flexibility index (Phi) is 6.67. The molecule has 2 N–H and O–H groups in total. The summed E-state index contributed by atoms with van der Waals surface area (Å²) in [5.41, 5.74) is 0. The minimum absolute atomic E-state index is 0.0197. The van der Waals surface area contributed by atoms with Crippen molar-refractivity contribution >= 4 is 16.3 Å². The van der Waals surface area contributed by atoms with Gasteiger partial charge in [-0.3, -0.25) is 4.90 Å². The topological polar surface area (TPSA) is 87.7 Å². The van der Waals surface area contributed by atoms with Gasteiger partial charge in [0.15, 0.2) is 0 Å². The summed E-state index contributed by atoms with van der Waals surface area (Å²) in [5, 5.41) is 0. The standard InChI is InChI=1S/C15H29N3O4S/c1-3-4-5-6-7-8-9-16-23(20,21)17-14-10-12(2)13-11-22-15(19)18(13)14/h12-14,16-17H,3-11H2,1-2H3/t12-,13?,14?/m0/s1. The fraction of sp³-hybridized carbons (Fsp3) is 0.933. The molecule has 8 heteroatoms. The third kappa shape index (κ3) is 5.06. The first-order valence-corrected chi connectivity index (χ1v) is 10.1. The van der Waals surface area contributed by atoms with Crippen molar-refractivity contribution in [2.75, 3.05) is 13.2 Å². The molecular weight excluding hydrogens is 318 g/mol. The van der Waals surface area contributed by atoms with E-state index in [-0.39, 0.29) is 12.0 Å². The Morgan fingerprint density at radius 3 is 2.65 bits per heavy atom. The van der Waals surface area contributed by atoms with Crippen LogP contribution in [0.1, 0.15) is 58.8 Å². The maximum absolute atomic E-state index is 12.1. The average Bonchev–Trinajstić information content (AvgIpc) is 3.00. The molecule has 0 aliphatic carbocycles. The Morgan fingerprint density at radius 1 is 1.22 bits per heavy atom. The van der Waals surface area contributed by atoms with Gasteiger partial charge >= 0.3 is 6.09 Å². The molecule has 0 bridgehead atoms. The summed E-state index contributed by atoms with van der Waals surface area (Å²) in [6, 6.07) is -0.0197. The molecule has 2 unspecified atom stereocenters. The molecule has 7 nitrogen and oxygen atoms in total.